The molecular formula is C25H22ClNO5S. The lowest BCUT2D eigenvalue weighted by atomic mass is 10.1. The van der Waals surface area contributed by atoms with Gasteiger partial charge in [0.1, 0.15) is 10.7 Å². The number of ether oxygens (including phenoxy) is 1. The molecule has 0 spiro atoms. The summed E-state index contributed by atoms with van der Waals surface area (Å²) in [5.41, 5.74) is 2.17. The largest absolute Gasteiger partial charge is 0.502 e. The van der Waals surface area contributed by atoms with Gasteiger partial charge in [-0.25, -0.2) is 8.42 Å². The van der Waals surface area contributed by atoms with Crippen molar-refractivity contribution in [2.75, 3.05) is 7.11 Å². The van der Waals surface area contributed by atoms with Crippen LogP contribution in [0, 0.1) is 6.92 Å². The van der Waals surface area contributed by atoms with E-state index >= 15 is 0 Å². The lowest BCUT2D eigenvalue weighted by Gasteiger charge is -2.27. The van der Waals surface area contributed by atoms with E-state index in [-0.39, 0.29) is 16.3 Å². The van der Waals surface area contributed by atoms with Gasteiger partial charge in [0.05, 0.1) is 18.0 Å². The number of rotatable bonds is 6. The number of carbonyl (C=O) groups is 1. The van der Waals surface area contributed by atoms with E-state index in [1.165, 1.54) is 17.0 Å². The van der Waals surface area contributed by atoms with E-state index in [4.69, 9.17) is 16.3 Å². The molecule has 8 heteroatoms. The molecule has 1 aliphatic rings. The SMILES string of the molecule is COc1ccc(CN2C(=O)C(O)=C(S(=O)(=O)c3ccc(C)cc3)[C@@H]2c2ccc(Cl)cc2)cc1. The van der Waals surface area contributed by atoms with E-state index in [9.17, 15) is 18.3 Å². The van der Waals surface area contributed by atoms with E-state index < -0.39 is 27.5 Å². The molecule has 3 aromatic carbocycles. The summed E-state index contributed by atoms with van der Waals surface area (Å²) in [6.07, 6.45) is 0. The monoisotopic (exact) mass is 483 g/mol. The zero-order valence-corrected chi connectivity index (χ0v) is 19.6. The van der Waals surface area contributed by atoms with Gasteiger partial charge in [-0.05, 0) is 54.4 Å². The van der Waals surface area contributed by atoms with Crippen LogP contribution in [0.15, 0.2) is 88.4 Å². The predicted octanol–water partition coefficient (Wildman–Crippen LogP) is 4.98. The lowest BCUT2D eigenvalue weighted by molar-refractivity contribution is -0.130. The molecule has 0 fully saturated rings. The van der Waals surface area contributed by atoms with Crippen LogP contribution in [-0.4, -0.2) is 31.4 Å². The number of aliphatic hydroxyl groups excluding tert-OH is 1. The summed E-state index contributed by atoms with van der Waals surface area (Å²) < 4.78 is 32.4. The number of hydrogen-bond acceptors (Lipinski definition) is 5. The fraction of sp³-hybridized carbons (Fsp3) is 0.160. The van der Waals surface area contributed by atoms with Crippen molar-refractivity contribution >= 4 is 27.3 Å². The highest BCUT2D eigenvalue weighted by Crippen LogP contribution is 2.43. The Hall–Kier alpha value is -3.29. The molecule has 3 aromatic rings. The Morgan fingerprint density at radius 2 is 1.58 bits per heavy atom. The molecule has 1 aliphatic heterocycles. The average molecular weight is 484 g/mol. The van der Waals surface area contributed by atoms with Gasteiger partial charge in [0, 0.05) is 11.6 Å². The fourth-order valence-corrected chi connectivity index (χ4v) is 5.59. The van der Waals surface area contributed by atoms with Crippen molar-refractivity contribution in [2.45, 2.75) is 24.4 Å². The van der Waals surface area contributed by atoms with Crippen LogP contribution < -0.4 is 4.74 Å². The molecule has 0 aliphatic carbocycles. The van der Waals surface area contributed by atoms with Gasteiger partial charge in [-0.1, -0.05) is 53.6 Å². The third-order valence-corrected chi connectivity index (χ3v) is 7.72. The molecule has 0 saturated heterocycles. The highest BCUT2D eigenvalue weighted by atomic mass is 35.5. The number of halogens is 1. The van der Waals surface area contributed by atoms with Gasteiger partial charge in [-0.3, -0.25) is 4.79 Å². The number of methoxy groups -OCH3 is 1. The smallest absolute Gasteiger partial charge is 0.290 e. The number of nitrogens with zero attached hydrogens (tertiary/aromatic N) is 1. The van der Waals surface area contributed by atoms with Crippen LogP contribution in [-0.2, 0) is 21.2 Å². The molecule has 170 valence electrons. The van der Waals surface area contributed by atoms with E-state index in [0.717, 1.165) is 11.1 Å². The first-order valence-corrected chi connectivity index (χ1v) is 12.0. The Kier molecular flexibility index (Phi) is 6.19. The fourth-order valence-electron chi connectivity index (χ4n) is 3.82. The van der Waals surface area contributed by atoms with Crippen molar-refractivity contribution in [2.24, 2.45) is 0 Å². The number of carbonyl (C=O) groups excluding carboxylic acids is 1. The Labute approximate surface area is 197 Å². The molecule has 4 rings (SSSR count). The van der Waals surface area contributed by atoms with Gasteiger partial charge in [0.15, 0.2) is 5.76 Å². The molecule has 0 unspecified atom stereocenters. The Morgan fingerprint density at radius 1 is 0.970 bits per heavy atom. The molecule has 1 amide bonds. The normalized spacial score (nSPS) is 16.4. The third kappa shape index (κ3) is 4.34. The van der Waals surface area contributed by atoms with E-state index in [2.05, 4.69) is 0 Å². The zero-order chi connectivity index (χ0) is 23.8. The highest BCUT2D eigenvalue weighted by Gasteiger charge is 2.46. The second kappa shape index (κ2) is 8.92. The molecule has 33 heavy (non-hydrogen) atoms. The molecule has 0 aromatic heterocycles. The number of aryl methyl sites for hydroxylation is 1. The quantitative estimate of drug-likeness (QED) is 0.534. The maximum atomic E-state index is 13.6. The summed E-state index contributed by atoms with van der Waals surface area (Å²) in [6.45, 7) is 1.94. The van der Waals surface area contributed by atoms with Crippen LogP contribution in [0.25, 0.3) is 0 Å². The van der Waals surface area contributed by atoms with Crippen molar-refractivity contribution in [3.63, 3.8) is 0 Å². The number of hydrogen-bond donors (Lipinski definition) is 1. The number of sulfone groups is 1. The van der Waals surface area contributed by atoms with Crippen molar-refractivity contribution in [3.05, 3.63) is 105 Å². The Morgan fingerprint density at radius 3 is 2.15 bits per heavy atom. The molecule has 1 atom stereocenters. The summed E-state index contributed by atoms with van der Waals surface area (Å²) in [6, 6.07) is 18.9. The number of benzene rings is 3. The van der Waals surface area contributed by atoms with Gasteiger partial charge in [-0.2, -0.15) is 0 Å². The van der Waals surface area contributed by atoms with E-state index in [1.54, 1.807) is 67.8 Å². The van der Waals surface area contributed by atoms with Crippen LogP contribution in [0.4, 0.5) is 0 Å². The summed E-state index contributed by atoms with van der Waals surface area (Å²) in [7, 11) is -2.61. The Balaban J connectivity index is 1.82. The maximum absolute atomic E-state index is 13.6. The minimum Gasteiger partial charge on any atom is -0.502 e. The summed E-state index contributed by atoms with van der Waals surface area (Å²) in [5.74, 6) is -0.871. The van der Waals surface area contributed by atoms with Gasteiger partial charge in [-0.15, -0.1) is 0 Å². The molecule has 0 saturated carbocycles. The van der Waals surface area contributed by atoms with Crippen LogP contribution in [0.2, 0.25) is 5.02 Å². The first kappa shape index (κ1) is 22.9. The van der Waals surface area contributed by atoms with Crippen LogP contribution in [0.3, 0.4) is 0 Å². The molecule has 6 nitrogen and oxygen atoms in total. The molecule has 0 bridgehead atoms. The van der Waals surface area contributed by atoms with Crippen molar-refractivity contribution in [1.82, 2.24) is 4.90 Å². The van der Waals surface area contributed by atoms with Gasteiger partial charge in [0.2, 0.25) is 9.84 Å². The lowest BCUT2D eigenvalue weighted by Crippen LogP contribution is -2.30. The summed E-state index contributed by atoms with van der Waals surface area (Å²) >= 11 is 6.04. The summed E-state index contributed by atoms with van der Waals surface area (Å²) in [4.78, 5) is 14.1. The van der Waals surface area contributed by atoms with Gasteiger partial charge in [0.25, 0.3) is 5.91 Å². The number of amides is 1. The van der Waals surface area contributed by atoms with E-state index in [0.29, 0.717) is 16.3 Å². The minimum absolute atomic E-state index is 0.00714. The molecule has 1 N–H and O–H groups in total. The standard InChI is InChI=1S/C25H22ClNO5S/c1-16-3-13-21(14-4-16)33(30,31)24-22(18-7-9-19(26)10-8-18)27(25(29)23(24)28)15-17-5-11-20(32-2)12-6-17/h3-14,22,28H,15H2,1-2H3/t22-/m0/s1. The summed E-state index contributed by atoms with van der Waals surface area (Å²) in [5, 5.41) is 11.3. The van der Waals surface area contributed by atoms with Crippen LogP contribution >= 0.6 is 11.6 Å². The van der Waals surface area contributed by atoms with Gasteiger partial charge >= 0.3 is 0 Å². The first-order valence-electron chi connectivity index (χ1n) is 10.2. The topological polar surface area (TPSA) is 83.9 Å². The Bertz CT molecular complexity index is 1310. The zero-order valence-electron chi connectivity index (χ0n) is 18.0. The van der Waals surface area contributed by atoms with Crippen molar-refractivity contribution in [1.29, 1.82) is 0 Å². The van der Waals surface area contributed by atoms with Crippen molar-refractivity contribution < 1.29 is 23.1 Å². The minimum atomic E-state index is -4.17. The molecule has 0 radical (unpaired) electrons. The average Bonchev–Trinajstić information content (AvgIpc) is 3.06. The van der Waals surface area contributed by atoms with Crippen LogP contribution in [0.5, 0.6) is 5.75 Å². The maximum Gasteiger partial charge on any atom is 0.290 e. The molecule has 1 heterocycles. The second-order valence-corrected chi connectivity index (χ2v) is 10.1. The van der Waals surface area contributed by atoms with Crippen LogP contribution in [0.1, 0.15) is 22.7 Å². The molecular weight excluding hydrogens is 462 g/mol. The highest BCUT2D eigenvalue weighted by molar-refractivity contribution is 7.95. The third-order valence-electron chi connectivity index (χ3n) is 5.58. The van der Waals surface area contributed by atoms with E-state index in [1.807, 2.05) is 6.92 Å². The predicted molar refractivity (Wildman–Crippen MR) is 126 cm³/mol. The first-order chi connectivity index (χ1) is 15.7. The second-order valence-electron chi connectivity index (χ2n) is 7.76. The number of aliphatic hydroxyl groups is 1. The van der Waals surface area contributed by atoms with Crippen molar-refractivity contribution in [3.8, 4) is 5.75 Å². The van der Waals surface area contributed by atoms with Gasteiger partial charge < -0.3 is 14.7 Å².